The Morgan fingerprint density at radius 1 is 1.30 bits per heavy atom. The quantitative estimate of drug-likeness (QED) is 0.884. The lowest BCUT2D eigenvalue weighted by atomic mass is 9.82. The third-order valence-electron chi connectivity index (χ3n) is 4.08. The number of oxazole rings is 1. The normalized spacial score (nSPS) is 22.9. The smallest absolute Gasteiger partial charge is 0.408 e. The van der Waals surface area contributed by atoms with Gasteiger partial charge in [-0.2, -0.15) is 0 Å². The Bertz CT molecular complexity index is 678. The van der Waals surface area contributed by atoms with Crippen LogP contribution < -0.4 is 11.1 Å². The molecule has 3 rings (SSSR count). The van der Waals surface area contributed by atoms with Gasteiger partial charge in [-0.25, -0.2) is 4.79 Å². The lowest BCUT2D eigenvalue weighted by Gasteiger charge is -2.25. The molecule has 20 heavy (non-hydrogen) atoms. The van der Waals surface area contributed by atoms with Crippen LogP contribution in [0.25, 0.3) is 11.1 Å². The fourth-order valence-electron chi connectivity index (χ4n) is 2.79. The summed E-state index contributed by atoms with van der Waals surface area (Å²) in [5.41, 5.74) is 1.77. The maximum Gasteiger partial charge on any atom is 0.417 e. The summed E-state index contributed by atoms with van der Waals surface area (Å²) in [5.74, 6) is 0.406. The first-order valence-electron chi connectivity index (χ1n) is 7.05. The molecule has 1 aromatic heterocycles. The van der Waals surface area contributed by atoms with Gasteiger partial charge in [-0.05, 0) is 43.7 Å². The van der Waals surface area contributed by atoms with Crippen LogP contribution in [-0.4, -0.2) is 10.9 Å². The molecule has 1 saturated carbocycles. The van der Waals surface area contributed by atoms with Crippen molar-refractivity contribution >= 4 is 22.7 Å². The Kier molecular flexibility index (Phi) is 3.34. The van der Waals surface area contributed by atoms with Crippen molar-refractivity contribution in [2.24, 2.45) is 11.8 Å². The summed E-state index contributed by atoms with van der Waals surface area (Å²) in [6.45, 7) is 2.23. The van der Waals surface area contributed by atoms with E-state index in [1.165, 1.54) is 0 Å². The minimum absolute atomic E-state index is 0.0640. The fourth-order valence-corrected chi connectivity index (χ4v) is 2.79. The number of nitrogens with one attached hydrogen (secondary N) is 2. The van der Waals surface area contributed by atoms with Crippen molar-refractivity contribution in [3.8, 4) is 0 Å². The zero-order valence-corrected chi connectivity index (χ0v) is 11.4. The highest BCUT2D eigenvalue weighted by atomic mass is 16.4. The zero-order chi connectivity index (χ0) is 14.1. The van der Waals surface area contributed by atoms with Crippen LogP contribution in [0.1, 0.15) is 32.6 Å². The summed E-state index contributed by atoms with van der Waals surface area (Å²) < 4.78 is 4.99. The number of hydrogen-bond donors (Lipinski definition) is 2. The second-order valence-electron chi connectivity index (χ2n) is 5.67. The number of rotatable bonds is 2. The molecule has 0 aliphatic heterocycles. The van der Waals surface area contributed by atoms with Crippen molar-refractivity contribution in [2.45, 2.75) is 32.6 Å². The third kappa shape index (κ3) is 2.61. The number of hydrogen-bond acceptors (Lipinski definition) is 3. The predicted octanol–water partition coefficient (Wildman–Crippen LogP) is 2.89. The number of benzene rings is 1. The number of aromatic nitrogens is 1. The maximum atomic E-state index is 12.2. The Hall–Kier alpha value is -2.04. The Balaban J connectivity index is 1.72. The highest BCUT2D eigenvalue weighted by Crippen LogP contribution is 2.29. The van der Waals surface area contributed by atoms with E-state index >= 15 is 0 Å². The largest absolute Gasteiger partial charge is 0.417 e. The van der Waals surface area contributed by atoms with E-state index in [0.717, 1.165) is 31.6 Å². The molecule has 5 nitrogen and oxygen atoms in total. The van der Waals surface area contributed by atoms with Gasteiger partial charge in [0.1, 0.15) is 0 Å². The van der Waals surface area contributed by atoms with Gasteiger partial charge in [0.15, 0.2) is 5.58 Å². The van der Waals surface area contributed by atoms with E-state index in [9.17, 15) is 9.59 Å². The van der Waals surface area contributed by atoms with Gasteiger partial charge in [-0.15, -0.1) is 0 Å². The molecular weight excluding hydrogens is 256 g/mol. The summed E-state index contributed by atoms with van der Waals surface area (Å²) in [6, 6.07) is 5.19. The molecule has 1 aliphatic carbocycles. The Morgan fingerprint density at radius 3 is 2.80 bits per heavy atom. The van der Waals surface area contributed by atoms with E-state index in [0.29, 0.717) is 16.8 Å². The molecule has 0 saturated heterocycles. The Labute approximate surface area is 116 Å². The van der Waals surface area contributed by atoms with Crippen LogP contribution in [0.5, 0.6) is 0 Å². The van der Waals surface area contributed by atoms with E-state index in [-0.39, 0.29) is 11.8 Å². The minimum Gasteiger partial charge on any atom is -0.408 e. The molecule has 5 heteroatoms. The fraction of sp³-hybridized carbons (Fsp3) is 0.467. The molecule has 0 spiro atoms. The molecule has 1 fully saturated rings. The van der Waals surface area contributed by atoms with Crippen molar-refractivity contribution in [3.05, 3.63) is 28.7 Å². The number of carbonyl (C=O) groups excluding carboxylic acids is 1. The first kappa shape index (κ1) is 13.0. The van der Waals surface area contributed by atoms with Crippen LogP contribution >= 0.6 is 0 Å². The second-order valence-corrected chi connectivity index (χ2v) is 5.67. The van der Waals surface area contributed by atoms with Crippen LogP contribution in [0.3, 0.4) is 0 Å². The molecule has 1 aliphatic rings. The van der Waals surface area contributed by atoms with E-state index in [1.807, 2.05) is 0 Å². The van der Waals surface area contributed by atoms with Crippen molar-refractivity contribution < 1.29 is 9.21 Å². The molecule has 0 radical (unpaired) electrons. The van der Waals surface area contributed by atoms with Crippen molar-refractivity contribution in [2.75, 3.05) is 5.32 Å². The number of aromatic amines is 1. The summed E-state index contributed by atoms with van der Waals surface area (Å²) in [7, 11) is 0. The van der Waals surface area contributed by atoms with E-state index in [2.05, 4.69) is 17.2 Å². The van der Waals surface area contributed by atoms with Gasteiger partial charge < -0.3 is 9.73 Å². The monoisotopic (exact) mass is 274 g/mol. The molecule has 1 amide bonds. The molecule has 2 aromatic rings. The molecule has 1 aromatic carbocycles. The number of carbonyl (C=O) groups is 1. The summed E-state index contributed by atoms with van der Waals surface area (Å²) in [5, 5.41) is 2.91. The molecular formula is C15H18N2O3. The molecule has 1 heterocycles. The van der Waals surface area contributed by atoms with Gasteiger partial charge in [-0.3, -0.25) is 9.78 Å². The minimum atomic E-state index is -0.482. The van der Waals surface area contributed by atoms with Gasteiger partial charge >= 0.3 is 5.76 Å². The Morgan fingerprint density at radius 2 is 2.05 bits per heavy atom. The second kappa shape index (κ2) is 5.15. The molecule has 2 N–H and O–H groups in total. The van der Waals surface area contributed by atoms with Gasteiger partial charge in [0.2, 0.25) is 5.91 Å². The van der Waals surface area contributed by atoms with E-state index in [1.54, 1.807) is 18.2 Å². The average molecular weight is 274 g/mol. The first-order chi connectivity index (χ1) is 9.61. The first-order valence-corrected chi connectivity index (χ1v) is 7.05. The van der Waals surface area contributed by atoms with Gasteiger partial charge in [0.05, 0.1) is 5.52 Å². The number of fused-ring (bicyclic) bond motifs is 1. The van der Waals surface area contributed by atoms with Crippen LogP contribution in [0.15, 0.2) is 27.4 Å². The van der Waals surface area contributed by atoms with Crippen molar-refractivity contribution in [1.29, 1.82) is 0 Å². The maximum absolute atomic E-state index is 12.2. The third-order valence-corrected chi connectivity index (χ3v) is 4.08. The average Bonchev–Trinajstić information content (AvgIpc) is 2.78. The molecule has 0 bridgehead atoms. The van der Waals surface area contributed by atoms with Crippen LogP contribution in [0.4, 0.5) is 5.69 Å². The summed E-state index contributed by atoms with van der Waals surface area (Å²) in [6.07, 6.45) is 4.14. The molecule has 0 atom stereocenters. The molecule has 0 unspecified atom stereocenters. The van der Waals surface area contributed by atoms with Gasteiger partial charge in [0, 0.05) is 17.7 Å². The SMILES string of the molecule is CC1CCC(C(=O)Nc2ccc3[nH]c(=O)oc3c2)CC1. The van der Waals surface area contributed by atoms with Crippen molar-refractivity contribution in [3.63, 3.8) is 0 Å². The lowest BCUT2D eigenvalue weighted by Crippen LogP contribution is -2.26. The van der Waals surface area contributed by atoms with Crippen LogP contribution in [0.2, 0.25) is 0 Å². The summed E-state index contributed by atoms with van der Waals surface area (Å²) >= 11 is 0. The number of amides is 1. The van der Waals surface area contributed by atoms with Crippen LogP contribution in [0, 0.1) is 11.8 Å². The topological polar surface area (TPSA) is 75.1 Å². The van der Waals surface area contributed by atoms with Crippen molar-refractivity contribution in [1.82, 2.24) is 4.98 Å². The van der Waals surface area contributed by atoms with Gasteiger partial charge in [-0.1, -0.05) is 6.92 Å². The highest BCUT2D eigenvalue weighted by molar-refractivity contribution is 5.94. The lowest BCUT2D eigenvalue weighted by molar-refractivity contribution is -0.121. The number of H-pyrrole nitrogens is 1. The predicted molar refractivity (Wildman–Crippen MR) is 76.6 cm³/mol. The van der Waals surface area contributed by atoms with Gasteiger partial charge in [0.25, 0.3) is 0 Å². The highest BCUT2D eigenvalue weighted by Gasteiger charge is 2.24. The van der Waals surface area contributed by atoms with E-state index < -0.39 is 5.76 Å². The van der Waals surface area contributed by atoms with Crippen LogP contribution in [-0.2, 0) is 4.79 Å². The standard InChI is InChI=1S/C15H18N2O3/c1-9-2-4-10(5-3-9)14(18)16-11-6-7-12-13(8-11)20-15(19)17-12/h6-10H,2-5H2,1H3,(H,16,18)(H,17,19). The number of anilines is 1. The van der Waals surface area contributed by atoms with E-state index in [4.69, 9.17) is 4.42 Å². The molecule has 106 valence electrons. The summed E-state index contributed by atoms with van der Waals surface area (Å²) in [4.78, 5) is 25.9. The zero-order valence-electron chi connectivity index (χ0n) is 11.4.